The van der Waals surface area contributed by atoms with E-state index in [9.17, 15) is 14.3 Å². The van der Waals surface area contributed by atoms with E-state index in [0.717, 1.165) is 57.8 Å². The predicted octanol–water partition coefficient (Wildman–Crippen LogP) is 19.4. The summed E-state index contributed by atoms with van der Waals surface area (Å²) in [5.74, 6) is -0.314. The zero-order chi connectivity index (χ0) is 51.9. The summed E-state index contributed by atoms with van der Waals surface area (Å²) in [6.45, 7) is 5.56. The van der Waals surface area contributed by atoms with Crippen LogP contribution in [-0.2, 0) is 27.9 Å². The number of phosphoric ester groups is 1. The highest BCUT2D eigenvalue weighted by molar-refractivity contribution is 7.47. The van der Waals surface area contributed by atoms with E-state index < -0.39 is 13.9 Å². The molecule has 0 saturated heterocycles. The van der Waals surface area contributed by atoms with Gasteiger partial charge in [0.2, 0.25) is 0 Å². The number of likely N-dealkylation sites (N-methyl/N-ethyl adjacent to an activating group) is 1. The second-order valence-electron chi connectivity index (χ2n) is 21.7. The van der Waals surface area contributed by atoms with Crippen molar-refractivity contribution in [2.75, 3.05) is 54.1 Å². The van der Waals surface area contributed by atoms with Crippen LogP contribution in [0, 0.1) is 0 Å². The van der Waals surface area contributed by atoms with Crippen LogP contribution in [0.15, 0.2) is 48.6 Å². The zero-order valence-corrected chi connectivity index (χ0v) is 48.6. The lowest BCUT2D eigenvalue weighted by Gasteiger charge is -2.24. The second-order valence-corrected chi connectivity index (χ2v) is 23.2. The molecule has 0 rings (SSSR count). The van der Waals surface area contributed by atoms with Crippen molar-refractivity contribution >= 4 is 13.8 Å². The molecule has 0 aliphatic carbocycles. The van der Waals surface area contributed by atoms with Gasteiger partial charge >= 0.3 is 13.8 Å². The zero-order valence-electron chi connectivity index (χ0n) is 47.7. The summed E-state index contributed by atoms with van der Waals surface area (Å²) in [6, 6.07) is 0. The molecule has 0 fully saturated rings. The second kappa shape index (κ2) is 54.7. The van der Waals surface area contributed by atoms with E-state index in [1.807, 2.05) is 21.1 Å². The number of quaternary nitrogens is 1. The number of allylic oxidation sites excluding steroid dienone is 8. The van der Waals surface area contributed by atoms with Crippen molar-refractivity contribution in [1.29, 1.82) is 0 Å². The molecule has 8 nitrogen and oxygen atoms in total. The molecule has 0 radical (unpaired) electrons. The van der Waals surface area contributed by atoms with Crippen molar-refractivity contribution in [2.45, 2.75) is 290 Å². The summed E-state index contributed by atoms with van der Waals surface area (Å²) in [7, 11) is 1.67. The lowest BCUT2D eigenvalue weighted by atomic mass is 10.0. The third-order valence-electron chi connectivity index (χ3n) is 13.4. The number of esters is 1. The Morgan fingerprint density at radius 1 is 0.451 bits per heavy atom. The first-order chi connectivity index (χ1) is 34.6. The van der Waals surface area contributed by atoms with Gasteiger partial charge in [0.25, 0.3) is 0 Å². The molecule has 0 amide bonds. The Kier molecular flexibility index (Phi) is 53.5. The summed E-state index contributed by atoms with van der Waals surface area (Å²) in [5.41, 5.74) is 0. The monoisotopic (exact) mass is 1020 g/mol. The van der Waals surface area contributed by atoms with E-state index in [4.69, 9.17) is 18.5 Å². The number of carbonyl (C=O) groups is 1. The molecule has 0 aromatic heterocycles. The lowest BCUT2D eigenvalue weighted by Crippen LogP contribution is -2.37. The van der Waals surface area contributed by atoms with Gasteiger partial charge in [-0.25, -0.2) is 4.57 Å². The molecule has 0 aromatic carbocycles. The van der Waals surface area contributed by atoms with Crippen LogP contribution in [-0.4, -0.2) is 75.6 Å². The van der Waals surface area contributed by atoms with Crippen molar-refractivity contribution in [3.05, 3.63) is 48.6 Å². The molecular weight excluding hydrogens is 902 g/mol. The highest BCUT2D eigenvalue weighted by atomic mass is 31.2. The Bertz CT molecular complexity index is 1280. The van der Waals surface area contributed by atoms with E-state index in [1.165, 1.54) is 205 Å². The van der Waals surface area contributed by atoms with Crippen molar-refractivity contribution in [3.8, 4) is 0 Å². The highest BCUT2D eigenvalue weighted by Gasteiger charge is 2.26. The number of carbonyl (C=O) groups excluding carboxylic acids is 1. The Morgan fingerprint density at radius 2 is 0.817 bits per heavy atom. The number of ether oxygens (including phenoxy) is 2. The van der Waals surface area contributed by atoms with Gasteiger partial charge in [0.15, 0.2) is 0 Å². The van der Waals surface area contributed by atoms with Crippen LogP contribution in [0.3, 0.4) is 0 Å². The van der Waals surface area contributed by atoms with Crippen molar-refractivity contribution in [2.24, 2.45) is 0 Å². The van der Waals surface area contributed by atoms with E-state index in [1.54, 1.807) is 0 Å². The molecule has 2 unspecified atom stereocenters. The predicted molar refractivity (Wildman–Crippen MR) is 307 cm³/mol. The topological polar surface area (TPSA) is 91.3 Å². The summed E-state index contributed by atoms with van der Waals surface area (Å²) < 4.78 is 35.3. The van der Waals surface area contributed by atoms with E-state index in [0.29, 0.717) is 24.1 Å². The highest BCUT2D eigenvalue weighted by Crippen LogP contribution is 2.43. The Hall–Kier alpha value is -1.54. The quantitative estimate of drug-likeness (QED) is 0.0213. The lowest BCUT2D eigenvalue weighted by molar-refractivity contribution is -0.870. The van der Waals surface area contributed by atoms with Gasteiger partial charge in [-0.15, -0.1) is 0 Å². The summed E-state index contributed by atoms with van der Waals surface area (Å²) >= 11 is 0. The summed E-state index contributed by atoms with van der Waals surface area (Å²) in [5, 5.41) is 0. The number of nitrogens with zero attached hydrogens (tertiary/aromatic N) is 1. The largest absolute Gasteiger partial charge is 0.472 e. The normalized spacial score (nSPS) is 13.7. The van der Waals surface area contributed by atoms with Gasteiger partial charge in [0, 0.05) is 13.0 Å². The van der Waals surface area contributed by atoms with Crippen LogP contribution in [0.5, 0.6) is 0 Å². The SMILES string of the molecule is CC/C=C\C/C=C\C/C=C\C/C=C\CCCCCCCCCCCCC(=O)OC(COCCCCCCCCCCCCCCCCCCCCCCCCCCCC)COP(=O)(O)OCC[N+](C)(C)C. The van der Waals surface area contributed by atoms with E-state index in [2.05, 4.69) is 62.5 Å². The average Bonchev–Trinajstić information content (AvgIpc) is 3.33. The van der Waals surface area contributed by atoms with Gasteiger partial charge < -0.3 is 18.9 Å². The molecule has 0 aliphatic heterocycles. The summed E-state index contributed by atoms with van der Waals surface area (Å²) in [6.07, 6.45) is 70.5. The fourth-order valence-electron chi connectivity index (χ4n) is 8.78. The first-order valence-corrected chi connectivity index (χ1v) is 31.9. The molecular formula is C62H119NO7P+. The van der Waals surface area contributed by atoms with E-state index in [-0.39, 0.29) is 25.8 Å². The van der Waals surface area contributed by atoms with E-state index >= 15 is 0 Å². The van der Waals surface area contributed by atoms with Gasteiger partial charge in [-0.1, -0.05) is 274 Å². The molecule has 418 valence electrons. The standard InChI is InChI=1S/C62H118NO7P/c1-6-8-10-12-14-16-18-20-22-24-26-28-30-31-32-34-36-38-40-42-44-46-48-50-52-54-57-67-59-61(60-69-71(65,66)68-58-56-63(3,4)5)70-62(64)55-53-51-49-47-45-43-41-39-37-35-33-29-27-25-23-21-19-17-15-13-11-9-7-2/h9,11,15,17,21,23,27,29,61H,6-8,10,12-14,16,18-20,22,24-26,28,30-60H2,1-5H3/p+1/b11-9-,17-15-,23-21-,29-27-. The maximum atomic E-state index is 12.8. The van der Waals surface area contributed by atoms with Crippen molar-refractivity contribution in [3.63, 3.8) is 0 Å². The first kappa shape index (κ1) is 69.5. The number of rotatable bonds is 57. The van der Waals surface area contributed by atoms with Crippen molar-refractivity contribution in [1.82, 2.24) is 0 Å². The molecule has 0 aromatic rings. The molecule has 0 aliphatic rings. The third-order valence-corrected chi connectivity index (χ3v) is 14.4. The van der Waals surface area contributed by atoms with Crippen LogP contribution < -0.4 is 0 Å². The van der Waals surface area contributed by atoms with Gasteiger partial charge in [0.1, 0.15) is 19.3 Å². The van der Waals surface area contributed by atoms with Gasteiger partial charge in [0.05, 0.1) is 34.4 Å². The maximum Gasteiger partial charge on any atom is 0.472 e. The molecule has 71 heavy (non-hydrogen) atoms. The number of hydrogen-bond acceptors (Lipinski definition) is 6. The Labute approximate surface area is 441 Å². The van der Waals surface area contributed by atoms with Crippen LogP contribution >= 0.6 is 7.82 Å². The van der Waals surface area contributed by atoms with Crippen LogP contribution in [0.4, 0.5) is 0 Å². The van der Waals surface area contributed by atoms with Crippen LogP contribution in [0.25, 0.3) is 0 Å². The van der Waals surface area contributed by atoms with Crippen molar-refractivity contribution < 1.29 is 37.3 Å². The molecule has 2 atom stereocenters. The Morgan fingerprint density at radius 3 is 1.23 bits per heavy atom. The molecule has 0 bridgehead atoms. The fraction of sp³-hybridized carbons (Fsp3) is 0.855. The molecule has 0 spiro atoms. The smallest absolute Gasteiger partial charge is 0.457 e. The van der Waals surface area contributed by atoms with Crippen LogP contribution in [0.2, 0.25) is 0 Å². The Balaban J connectivity index is 4.02. The maximum absolute atomic E-state index is 12.8. The molecule has 0 saturated carbocycles. The summed E-state index contributed by atoms with van der Waals surface area (Å²) in [4.78, 5) is 23.1. The molecule has 0 heterocycles. The number of phosphoric acid groups is 1. The van der Waals surface area contributed by atoms with Gasteiger partial charge in [-0.05, 0) is 51.4 Å². The fourth-order valence-corrected chi connectivity index (χ4v) is 9.53. The van der Waals surface area contributed by atoms with Gasteiger partial charge in [-0.3, -0.25) is 13.8 Å². The van der Waals surface area contributed by atoms with Gasteiger partial charge in [-0.2, -0.15) is 0 Å². The molecule has 1 N–H and O–H groups in total. The van der Waals surface area contributed by atoms with Crippen LogP contribution in [0.1, 0.15) is 284 Å². The number of hydrogen-bond donors (Lipinski definition) is 1. The third kappa shape index (κ3) is 59.2. The minimum Gasteiger partial charge on any atom is -0.457 e. The minimum atomic E-state index is -4.29. The average molecular weight is 1020 g/mol. The number of unbranched alkanes of at least 4 members (excludes halogenated alkanes) is 35. The minimum absolute atomic E-state index is 0.0884. The molecule has 9 heteroatoms. The first-order valence-electron chi connectivity index (χ1n) is 30.4.